The molecule has 1 fully saturated rings. The topological polar surface area (TPSA) is 78.0 Å². The predicted octanol–water partition coefficient (Wildman–Crippen LogP) is 1.04. The van der Waals surface area contributed by atoms with E-state index in [4.69, 9.17) is 0 Å². The summed E-state index contributed by atoms with van der Waals surface area (Å²) in [4.78, 5) is 32.4. The molecule has 1 N–H and O–H groups in total. The number of fused-ring (bicyclic) bond motifs is 1. The quantitative estimate of drug-likeness (QED) is 0.762. The summed E-state index contributed by atoms with van der Waals surface area (Å²) in [7, 11) is 0. The van der Waals surface area contributed by atoms with Crippen LogP contribution >= 0.6 is 0 Å². The lowest BCUT2D eigenvalue weighted by molar-refractivity contribution is 0.634. The zero-order valence-electron chi connectivity index (χ0n) is 12.5. The Morgan fingerprint density at radius 1 is 1.00 bits per heavy atom. The van der Waals surface area contributed by atoms with Gasteiger partial charge in [-0.15, -0.1) is 0 Å². The van der Waals surface area contributed by atoms with E-state index in [-0.39, 0.29) is 5.56 Å². The smallest absolute Gasteiger partial charge is 0.260 e. The molecule has 1 aliphatic rings. The third kappa shape index (κ3) is 2.61. The maximum Gasteiger partial charge on any atom is 0.260 e. The fourth-order valence-electron chi connectivity index (χ4n) is 2.83. The van der Waals surface area contributed by atoms with E-state index >= 15 is 0 Å². The lowest BCUT2D eigenvalue weighted by atomic mass is 10.2. The molecule has 0 atom stereocenters. The zero-order valence-corrected chi connectivity index (χ0v) is 12.5. The molecular weight excluding hydrogens is 292 g/mol. The second-order valence-corrected chi connectivity index (χ2v) is 5.44. The van der Waals surface area contributed by atoms with Crippen LogP contribution in [0.1, 0.15) is 0 Å². The van der Waals surface area contributed by atoms with Crippen LogP contribution in [0.15, 0.2) is 47.7 Å². The van der Waals surface area contributed by atoms with Crippen LogP contribution in [0.4, 0.5) is 11.8 Å². The van der Waals surface area contributed by atoms with E-state index < -0.39 is 0 Å². The number of hydrogen-bond acceptors (Lipinski definition) is 6. The SMILES string of the molecule is O=c1[nH]c(N2CCN(c3cnccn3)CC2)nc2ccccc12. The molecular formula is C16H16N6O. The van der Waals surface area contributed by atoms with Crippen LogP contribution in [-0.4, -0.2) is 46.1 Å². The van der Waals surface area contributed by atoms with Crippen molar-refractivity contribution < 1.29 is 0 Å². The summed E-state index contributed by atoms with van der Waals surface area (Å²) in [6, 6.07) is 7.39. The van der Waals surface area contributed by atoms with E-state index in [2.05, 4.69) is 29.7 Å². The largest absolute Gasteiger partial charge is 0.352 e. The number of para-hydroxylation sites is 1. The summed E-state index contributed by atoms with van der Waals surface area (Å²) in [6.45, 7) is 3.18. The van der Waals surface area contributed by atoms with Gasteiger partial charge < -0.3 is 9.80 Å². The number of piperazine rings is 1. The van der Waals surface area contributed by atoms with E-state index in [1.54, 1.807) is 24.7 Å². The molecule has 0 amide bonds. The predicted molar refractivity (Wildman–Crippen MR) is 88.8 cm³/mol. The Balaban J connectivity index is 1.56. The van der Waals surface area contributed by atoms with Crippen LogP contribution in [0, 0.1) is 0 Å². The van der Waals surface area contributed by atoms with E-state index in [1.165, 1.54) is 0 Å². The summed E-state index contributed by atoms with van der Waals surface area (Å²) in [5.41, 5.74) is 0.629. The Kier molecular flexibility index (Phi) is 3.38. The summed E-state index contributed by atoms with van der Waals surface area (Å²) >= 11 is 0. The van der Waals surface area contributed by atoms with E-state index in [0.29, 0.717) is 11.3 Å². The first-order valence-electron chi connectivity index (χ1n) is 7.56. The highest BCUT2D eigenvalue weighted by molar-refractivity contribution is 5.78. The fourth-order valence-corrected chi connectivity index (χ4v) is 2.83. The van der Waals surface area contributed by atoms with Gasteiger partial charge in [0.1, 0.15) is 5.82 Å². The number of H-pyrrole nitrogens is 1. The monoisotopic (exact) mass is 308 g/mol. The molecule has 1 aliphatic heterocycles. The number of nitrogens with one attached hydrogen (secondary N) is 1. The summed E-state index contributed by atoms with van der Waals surface area (Å²) in [5, 5.41) is 0.620. The first-order chi connectivity index (χ1) is 11.3. The van der Waals surface area contributed by atoms with Crippen molar-refractivity contribution in [2.24, 2.45) is 0 Å². The highest BCUT2D eigenvalue weighted by atomic mass is 16.1. The Labute approximate surface area is 132 Å². The van der Waals surface area contributed by atoms with Crippen molar-refractivity contribution >= 4 is 22.7 Å². The maximum atomic E-state index is 12.2. The molecule has 116 valence electrons. The standard InChI is InChI=1S/C16H16N6O/c23-15-12-3-1-2-4-13(12)19-16(20-15)22-9-7-21(8-10-22)14-11-17-5-6-18-14/h1-6,11H,7-10H2,(H,19,20,23). The minimum Gasteiger partial charge on any atom is -0.352 e. The van der Waals surface area contributed by atoms with Gasteiger partial charge in [0.2, 0.25) is 5.95 Å². The molecule has 0 unspecified atom stereocenters. The molecule has 0 saturated carbocycles. The fraction of sp³-hybridized carbons (Fsp3) is 0.250. The minimum absolute atomic E-state index is 0.0954. The number of benzene rings is 1. The molecule has 1 saturated heterocycles. The molecule has 0 radical (unpaired) electrons. The van der Waals surface area contributed by atoms with Crippen LogP contribution in [0.5, 0.6) is 0 Å². The molecule has 1 aromatic carbocycles. The maximum absolute atomic E-state index is 12.2. The normalized spacial score (nSPS) is 15.1. The van der Waals surface area contributed by atoms with Crippen LogP contribution in [-0.2, 0) is 0 Å². The average molecular weight is 308 g/mol. The van der Waals surface area contributed by atoms with Crippen molar-refractivity contribution in [1.82, 2.24) is 19.9 Å². The van der Waals surface area contributed by atoms with Crippen LogP contribution in [0.3, 0.4) is 0 Å². The minimum atomic E-state index is -0.0954. The molecule has 0 aliphatic carbocycles. The van der Waals surface area contributed by atoms with E-state index in [9.17, 15) is 4.79 Å². The number of anilines is 2. The summed E-state index contributed by atoms with van der Waals surface area (Å²) < 4.78 is 0. The average Bonchev–Trinajstić information content (AvgIpc) is 2.63. The van der Waals surface area contributed by atoms with Crippen molar-refractivity contribution in [3.05, 3.63) is 53.2 Å². The van der Waals surface area contributed by atoms with Crippen LogP contribution in [0.2, 0.25) is 0 Å². The number of hydrogen-bond donors (Lipinski definition) is 1. The van der Waals surface area contributed by atoms with Gasteiger partial charge in [0.05, 0.1) is 17.1 Å². The highest BCUT2D eigenvalue weighted by Crippen LogP contribution is 2.16. The number of aromatic amines is 1. The molecule has 3 aromatic rings. The number of rotatable bonds is 2. The molecule has 7 heteroatoms. The molecule has 4 rings (SSSR count). The molecule has 0 bridgehead atoms. The van der Waals surface area contributed by atoms with Gasteiger partial charge in [-0.05, 0) is 12.1 Å². The lowest BCUT2D eigenvalue weighted by Gasteiger charge is -2.35. The van der Waals surface area contributed by atoms with E-state index in [0.717, 1.165) is 37.5 Å². The summed E-state index contributed by atoms with van der Waals surface area (Å²) in [5.74, 6) is 1.51. The highest BCUT2D eigenvalue weighted by Gasteiger charge is 2.20. The van der Waals surface area contributed by atoms with Crippen molar-refractivity contribution in [2.75, 3.05) is 36.0 Å². The Morgan fingerprint density at radius 2 is 1.78 bits per heavy atom. The van der Waals surface area contributed by atoms with Crippen LogP contribution in [0.25, 0.3) is 10.9 Å². The van der Waals surface area contributed by atoms with Gasteiger partial charge in [-0.2, -0.15) is 0 Å². The molecule has 7 nitrogen and oxygen atoms in total. The van der Waals surface area contributed by atoms with Crippen molar-refractivity contribution in [3.8, 4) is 0 Å². The third-order valence-corrected chi connectivity index (χ3v) is 4.05. The Bertz CT molecular complexity index is 870. The number of nitrogens with zero attached hydrogens (tertiary/aromatic N) is 5. The Morgan fingerprint density at radius 3 is 2.57 bits per heavy atom. The second kappa shape index (κ2) is 5.68. The van der Waals surface area contributed by atoms with Crippen molar-refractivity contribution in [2.45, 2.75) is 0 Å². The zero-order chi connectivity index (χ0) is 15.6. The van der Waals surface area contributed by atoms with Crippen molar-refractivity contribution in [1.29, 1.82) is 0 Å². The van der Waals surface area contributed by atoms with Gasteiger partial charge in [0.15, 0.2) is 0 Å². The van der Waals surface area contributed by atoms with Gasteiger partial charge in [0, 0.05) is 38.6 Å². The van der Waals surface area contributed by atoms with Gasteiger partial charge in [0.25, 0.3) is 5.56 Å². The van der Waals surface area contributed by atoms with Crippen LogP contribution < -0.4 is 15.4 Å². The molecule has 3 heterocycles. The van der Waals surface area contributed by atoms with Gasteiger partial charge >= 0.3 is 0 Å². The molecule has 0 spiro atoms. The van der Waals surface area contributed by atoms with Gasteiger partial charge in [-0.3, -0.25) is 14.8 Å². The first-order valence-corrected chi connectivity index (χ1v) is 7.56. The van der Waals surface area contributed by atoms with Crippen molar-refractivity contribution in [3.63, 3.8) is 0 Å². The Hall–Kier alpha value is -2.96. The van der Waals surface area contributed by atoms with Gasteiger partial charge in [-0.1, -0.05) is 12.1 Å². The third-order valence-electron chi connectivity index (χ3n) is 4.05. The number of aromatic nitrogens is 4. The molecule has 23 heavy (non-hydrogen) atoms. The summed E-state index contributed by atoms with van der Waals surface area (Å²) in [6.07, 6.45) is 5.14. The second-order valence-electron chi connectivity index (χ2n) is 5.44. The lowest BCUT2D eigenvalue weighted by Crippen LogP contribution is -2.47. The molecule has 2 aromatic heterocycles. The van der Waals surface area contributed by atoms with Gasteiger partial charge in [-0.25, -0.2) is 9.97 Å². The van der Waals surface area contributed by atoms with E-state index in [1.807, 2.05) is 18.2 Å². The first kappa shape index (κ1) is 13.7.